The Morgan fingerprint density at radius 2 is 1.80 bits per heavy atom. The Hall–Kier alpha value is -0.770. The van der Waals surface area contributed by atoms with Gasteiger partial charge in [0.05, 0.1) is 0 Å². The quantitative estimate of drug-likeness (QED) is 0.856. The molecule has 0 bridgehead atoms. The number of nitrogens with zero attached hydrogens (tertiary/aromatic N) is 1. The molecule has 0 aromatic carbocycles. The minimum atomic E-state index is -0.653. The standard InChI is InChI=1S/C16H29NO3/c1-3-16(4-2,13-9-6-5-7-10-13)20-15(19)17-12-8-11-14(17)18/h13-14,18H,3-12H2,1-2H3. The summed E-state index contributed by atoms with van der Waals surface area (Å²) in [4.78, 5) is 13.9. The molecule has 4 nitrogen and oxygen atoms in total. The number of likely N-dealkylation sites (tertiary alicyclic amines) is 1. The van der Waals surface area contributed by atoms with E-state index in [1.165, 1.54) is 24.2 Å². The summed E-state index contributed by atoms with van der Waals surface area (Å²) in [5.74, 6) is 0.481. The van der Waals surface area contributed by atoms with Gasteiger partial charge in [-0.1, -0.05) is 33.1 Å². The maximum Gasteiger partial charge on any atom is 0.412 e. The third kappa shape index (κ3) is 3.11. The third-order valence-corrected chi connectivity index (χ3v) is 5.29. The normalized spacial score (nSPS) is 24.9. The predicted molar refractivity (Wildman–Crippen MR) is 78.3 cm³/mol. The molecule has 4 heteroatoms. The van der Waals surface area contributed by atoms with Gasteiger partial charge in [0, 0.05) is 6.54 Å². The van der Waals surface area contributed by atoms with Gasteiger partial charge in [0.25, 0.3) is 0 Å². The lowest BCUT2D eigenvalue weighted by Gasteiger charge is -2.42. The van der Waals surface area contributed by atoms with Crippen LogP contribution in [-0.4, -0.2) is 34.5 Å². The average Bonchev–Trinajstić information content (AvgIpc) is 2.92. The Balaban J connectivity index is 2.05. The highest BCUT2D eigenvalue weighted by Crippen LogP contribution is 2.40. The minimum absolute atomic E-state index is 0.315. The minimum Gasteiger partial charge on any atom is -0.442 e. The molecule has 1 aliphatic heterocycles. The molecular weight excluding hydrogens is 254 g/mol. The molecule has 0 spiro atoms. The Morgan fingerprint density at radius 1 is 1.15 bits per heavy atom. The van der Waals surface area contributed by atoms with Crippen LogP contribution in [0.1, 0.15) is 71.6 Å². The number of hydrogen-bond donors (Lipinski definition) is 1. The summed E-state index contributed by atoms with van der Waals surface area (Å²) >= 11 is 0. The Labute approximate surface area is 122 Å². The van der Waals surface area contributed by atoms with Gasteiger partial charge in [0.1, 0.15) is 11.8 Å². The molecule has 0 aromatic rings. The van der Waals surface area contributed by atoms with Crippen LogP contribution in [0.15, 0.2) is 0 Å². The second-order valence-corrected chi connectivity index (χ2v) is 6.29. The molecule has 1 amide bonds. The van der Waals surface area contributed by atoms with Crippen molar-refractivity contribution in [3.05, 3.63) is 0 Å². The van der Waals surface area contributed by atoms with Crippen molar-refractivity contribution >= 4 is 6.09 Å². The molecule has 20 heavy (non-hydrogen) atoms. The molecule has 2 rings (SSSR count). The first-order valence-corrected chi connectivity index (χ1v) is 8.30. The number of carbonyl (C=O) groups excluding carboxylic acids is 1. The molecule has 116 valence electrons. The maximum atomic E-state index is 12.4. The van der Waals surface area contributed by atoms with E-state index in [1.54, 1.807) is 0 Å². The molecule has 0 radical (unpaired) electrons. The van der Waals surface area contributed by atoms with Gasteiger partial charge in [-0.05, 0) is 44.4 Å². The van der Waals surface area contributed by atoms with Crippen molar-refractivity contribution in [2.75, 3.05) is 6.54 Å². The molecule has 0 aromatic heterocycles. The van der Waals surface area contributed by atoms with E-state index in [0.717, 1.165) is 32.1 Å². The predicted octanol–water partition coefficient (Wildman–Crippen LogP) is 3.68. The lowest BCUT2D eigenvalue weighted by Crippen LogP contribution is -2.47. The highest BCUT2D eigenvalue weighted by Gasteiger charge is 2.42. The molecule has 1 saturated heterocycles. The smallest absolute Gasteiger partial charge is 0.412 e. The molecule has 1 atom stereocenters. The van der Waals surface area contributed by atoms with Crippen molar-refractivity contribution in [1.29, 1.82) is 0 Å². The number of aliphatic hydroxyl groups is 1. The Bertz CT molecular complexity index is 322. The molecule has 1 N–H and O–H groups in total. The van der Waals surface area contributed by atoms with Crippen LogP contribution >= 0.6 is 0 Å². The summed E-state index contributed by atoms with van der Waals surface area (Å²) in [6, 6.07) is 0. The fourth-order valence-electron chi connectivity index (χ4n) is 3.88. The monoisotopic (exact) mass is 283 g/mol. The van der Waals surface area contributed by atoms with Gasteiger partial charge < -0.3 is 9.84 Å². The van der Waals surface area contributed by atoms with Crippen molar-refractivity contribution in [3.8, 4) is 0 Å². The number of ether oxygens (including phenoxy) is 1. The molecule has 1 aliphatic carbocycles. The Kier molecular flexibility index (Phi) is 5.30. The molecule has 1 unspecified atom stereocenters. The summed E-state index contributed by atoms with van der Waals surface area (Å²) < 4.78 is 5.96. The van der Waals surface area contributed by atoms with Crippen molar-refractivity contribution in [2.24, 2.45) is 5.92 Å². The van der Waals surface area contributed by atoms with Gasteiger partial charge >= 0.3 is 6.09 Å². The van der Waals surface area contributed by atoms with Crippen LogP contribution in [0.2, 0.25) is 0 Å². The lowest BCUT2D eigenvalue weighted by atomic mass is 9.74. The summed E-state index contributed by atoms with van der Waals surface area (Å²) in [6.07, 6.45) is 8.42. The highest BCUT2D eigenvalue weighted by atomic mass is 16.6. The second kappa shape index (κ2) is 6.79. The van der Waals surface area contributed by atoms with E-state index in [0.29, 0.717) is 18.9 Å². The molecule has 2 fully saturated rings. The highest BCUT2D eigenvalue weighted by molar-refractivity contribution is 5.68. The zero-order chi connectivity index (χ0) is 14.6. The topological polar surface area (TPSA) is 49.8 Å². The van der Waals surface area contributed by atoms with E-state index in [1.807, 2.05) is 0 Å². The number of aliphatic hydroxyl groups excluding tert-OH is 1. The van der Waals surface area contributed by atoms with Gasteiger partial charge in [0.15, 0.2) is 0 Å². The van der Waals surface area contributed by atoms with Crippen molar-refractivity contribution in [2.45, 2.75) is 83.5 Å². The number of hydrogen-bond acceptors (Lipinski definition) is 3. The fraction of sp³-hybridized carbons (Fsp3) is 0.938. The zero-order valence-electron chi connectivity index (χ0n) is 12.9. The third-order valence-electron chi connectivity index (χ3n) is 5.29. The summed E-state index contributed by atoms with van der Waals surface area (Å²) in [5, 5.41) is 9.84. The summed E-state index contributed by atoms with van der Waals surface area (Å²) in [5.41, 5.74) is -0.334. The first-order valence-electron chi connectivity index (χ1n) is 8.30. The average molecular weight is 283 g/mol. The fourth-order valence-corrected chi connectivity index (χ4v) is 3.88. The van der Waals surface area contributed by atoms with Gasteiger partial charge in [-0.25, -0.2) is 4.79 Å². The van der Waals surface area contributed by atoms with Gasteiger partial charge in [0.2, 0.25) is 0 Å². The van der Waals surface area contributed by atoms with E-state index in [4.69, 9.17) is 4.74 Å². The zero-order valence-corrected chi connectivity index (χ0v) is 12.9. The van der Waals surface area contributed by atoms with Crippen molar-refractivity contribution < 1.29 is 14.6 Å². The Morgan fingerprint density at radius 3 is 2.30 bits per heavy atom. The van der Waals surface area contributed by atoms with Crippen LogP contribution < -0.4 is 0 Å². The summed E-state index contributed by atoms with van der Waals surface area (Å²) in [6.45, 7) is 4.85. The SMILES string of the molecule is CCC(CC)(OC(=O)N1CCCC1O)C1CCCCC1. The number of rotatable bonds is 4. The molecule has 1 saturated carbocycles. The van der Waals surface area contributed by atoms with E-state index in [9.17, 15) is 9.90 Å². The molecular formula is C16H29NO3. The van der Waals surface area contributed by atoms with Crippen LogP contribution in [0, 0.1) is 5.92 Å². The lowest BCUT2D eigenvalue weighted by molar-refractivity contribution is -0.0776. The van der Waals surface area contributed by atoms with Crippen LogP contribution in [0.25, 0.3) is 0 Å². The van der Waals surface area contributed by atoms with Gasteiger partial charge in [-0.3, -0.25) is 4.90 Å². The first-order chi connectivity index (χ1) is 9.63. The van der Waals surface area contributed by atoms with Gasteiger partial charge in [-0.15, -0.1) is 0 Å². The van der Waals surface area contributed by atoms with E-state index < -0.39 is 6.23 Å². The maximum absolute atomic E-state index is 12.4. The molecule has 2 aliphatic rings. The van der Waals surface area contributed by atoms with Crippen LogP contribution in [0.4, 0.5) is 4.79 Å². The van der Waals surface area contributed by atoms with E-state index >= 15 is 0 Å². The molecule has 1 heterocycles. The van der Waals surface area contributed by atoms with E-state index in [2.05, 4.69) is 13.8 Å². The largest absolute Gasteiger partial charge is 0.442 e. The van der Waals surface area contributed by atoms with Crippen LogP contribution in [-0.2, 0) is 4.74 Å². The number of carbonyl (C=O) groups is 1. The van der Waals surface area contributed by atoms with E-state index in [-0.39, 0.29) is 11.7 Å². The summed E-state index contributed by atoms with van der Waals surface area (Å²) in [7, 11) is 0. The van der Waals surface area contributed by atoms with Gasteiger partial charge in [-0.2, -0.15) is 0 Å². The number of amides is 1. The van der Waals surface area contributed by atoms with Crippen molar-refractivity contribution in [3.63, 3.8) is 0 Å². The first kappa shape index (κ1) is 15.6. The van der Waals surface area contributed by atoms with Crippen LogP contribution in [0.5, 0.6) is 0 Å². The van der Waals surface area contributed by atoms with Crippen molar-refractivity contribution in [1.82, 2.24) is 4.90 Å². The van der Waals surface area contributed by atoms with Crippen LogP contribution in [0.3, 0.4) is 0 Å². The second-order valence-electron chi connectivity index (χ2n) is 6.29.